The molecular formula is C33H35ClN2O4. The van der Waals surface area contributed by atoms with Crippen LogP contribution in [0.25, 0.3) is 32.9 Å². The van der Waals surface area contributed by atoms with Crippen LogP contribution in [0.2, 0.25) is 5.02 Å². The van der Waals surface area contributed by atoms with E-state index >= 15 is 0 Å². The Bertz CT molecular complexity index is 1780. The highest BCUT2D eigenvalue weighted by Gasteiger charge is 2.50. The molecule has 6 nitrogen and oxygen atoms in total. The lowest BCUT2D eigenvalue weighted by Gasteiger charge is -2.30. The smallest absolute Gasteiger partial charge is 0.132 e. The minimum atomic E-state index is -0.449. The lowest BCUT2D eigenvalue weighted by molar-refractivity contribution is 0.364. The molecule has 1 atom stereocenters. The molecule has 0 spiro atoms. The van der Waals surface area contributed by atoms with Crippen LogP contribution in [0, 0.1) is 6.92 Å². The van der Waals surface area contributed by atoms with Gasteiger partial charge in [0.25, 0.3) is 0 Å². The highest BCUT2D eigenvalue weighted by Crippen LogP contribution is 2.57. The molecule has 40 heavy (non-hydrogen) atoms. The van der Waals surface area contributed by atoms with Crippen LogP contribution in [0.4, 0.5) is 0 Å². The average Bonchev–Trinajstić information content (AvgIpc) is 3.55. The molecule has 208 valence electrons. The molecule has 1 unspecified atom stereocenters. The molecule has 0 radical (unpaired) electrons. The molecule has 3 heterocycles. The van der Waals surface area contributed by atoms with Crippen molar-refractivity contribution in [1.82, 2.24) is 9.55 Å². The third kappa shape index (κ3) is 3.62. The third-order valence-electron chi connectivity index (χ3n) is 8.59. The quantitative estimate of drug-likeness (QED) is 0.228. The van der Waals surface area contributed by atoms with Crippen LogP contribution in [0.1, 0.15) is 44.1 Å². The lowest BCUT2D eigenvalue weighted by Crippen LogP contribution is -2.30. The molecule has 2 aromatic heterocycles. The van der Waals surface area contributed by atoms with Gasteiger partial charge in [-0.2, -0.15) is 0 Å². The second-order valence-electron chi connectivity index (χ2n) is 11.5. The molecule has 7 heteroatoms. The Labute approximate surface area is 239 Å². The SMILES string of the molecule is COc1cc(OC)c2c(-c3ccc(Cl)cc3)c(C3(C)CC(C)(C)c4c(C)c5c(OC)cc(OC)cc5n43)[nH]c2c1. The van der Waals surface area contributed by atoms with Crippen molar-refractivity contribution in [2.45, 2.75) is 45.1 Å². The van der Waals surface area contributed by atoms with Crippen LogP contribution >= 0.6 is 11.6 Å². The minimum Gasteiger partial charge on any atom is -0.497 e. The van der Waals surface area contributed by atoms with E-state index < -0.39 is 5.54 Å². The van der Waals surface area contributed by atoms with Crippen LogP contribution in [-0.2, 0) is 11.0 Å². The van der Waals surface area contributed by atoms with E-state index in [2.05, 4.69) is 55.4 Å². The van der Waals surface area contributed by atoms with Gasteiger partial charge >= 0.3 is 0 Å². The lowest BCUT2D eigenvalue weighted by atomic mass is 9.77. The second-order valence-corrected chi connectivity index (χ2v) is 11.9. The molecule has 5 aromatic rings. The number of H-pyrrole nitrogens is 1. The number of aromatic amines is 1. The number of methoxy groups -OCH3 is 4. The fourth-order valence-corrected chi connectivity index (χ4v) is 7.34. The van der Waals surface area contributed by atoms with E-state index in [1.807, 2.05) is 30.3 Å². The molecule has 1 N–H and O–H groups in total. The molecule has 3 aromatic carbocycles. The first-order valence-electron chi connectivity index (χ1n) is 13.4. The fraction of sp³-hybridized carbons (Fsp3) is 0.333. The number of rotatable bonds is 6. The van der Waals surface area contributed by atoms with Gasteiger partial charge in [0, 0.05) is 56.7 Å². The number of nitrogens with one attached hydrogen (secondary N) is 1. The van der Waals surface area contributed by atoms with Gasteiger partial charge in [-0.3, -0.25) is 0 Å². The summed E-state index contributed by atoms with van der Waals surface area (Å²) < 4.78 is 25.7. The first kappa shape index (κ1) is 26.5. The first-order valence-corrected chi connectivity index (χ1v) is 13.8. The number of nitrogens with zero attached hydrogens (tertiary/aromatic N) is 1. The standard InChI is InChI=1S/C33H35ClN2O4/c1-18-27-24(14-22(38-6)16-25(27)39-7)36-31(18)32(2,3)17-33(36,4)30-28(19-9-11-20(34)12-10-19)29-23(35-30)13-21(37-5)15-26(29)40-8/h9-16,35H,17H2,1-8H3. The Morgan fingerprint density at radius 2 is 1.40 bits per heavy atom. The summed E-state index contributed by atoms with van der Waals surface area (Å²) in [6.45, 7) is 9.18. The van der Waals surface area contributed by atoms with Crippen LogP contribution in [0.3, 0.4) is 0 Å². The van der Waals surface area contributed by atoms with Gasteiger partial charge in [0.2, 0.25) is 0 Å². The zero-order valence-corrected chi connectivity index (χ0v) is 25.0. The van der Waals surface area contributed by atoms with E-state index in [1.165, 1.54) is 11.3 Å². The van der Waals surface area contributed by atoms with Gasteiger partial charge in [-0.05, 0) is 43.5 Å². The van der Waals surface area contributed by atoms with Gasteiger partial charge in [-0.25, -0.2) is 0 Å². The van der Waals surface area contributed by atoms with E-state index in [9.17, 15) is 0 Å². The van der Waals surface area contributed by atoms with Crippen molar-refractivity contribution < 1.29 is 18.9 Å². The molecule has 0 fully saturated rings. The summed E-state index contributed by atoms with van der Waals surface area (Å²) in [4.78, 5) is 3.84. The van der Waals surface area contributed by atoms with Gasteiger partial charge in [-0.1, -0.05) is 37.6 Å². The van der Waals surface area contributed by atoms with Gasteiger partial charge in [0.15, 0.2) is 0 Å². The molecule has 1 aliphatic rings. The molecule has 1 aliphatic heterocycles. The van der Waals surface area contributed by atoms with Gasteiger partial charge in [0.1, 0.15) is 23.0 Å². The predicted octanol–water partition coefficient (Wildman–Crippen LogP) is 8.23. The number of aryl methyl sites for hydroxylation is 1. The topological polar surface area (TPSA) is 57.6 Å². The fourth-order valence-electron chi connectivity index (χ4n) is 7.22. The molecule has 0 amide bonds. The number of halogens is 1. The van der Waals surface area contributed by atoms with Crippen molar-refractivity contribution in [3.05, 3.63) is 70.5 Å². The summed E-state index contributed by atoms with van der Waals surface area (Å²) in [7, 11) is 6.79. The number of fused-ring (bicyclic) bond motifs is 4. The zero-order chi connectivity index (χ0) is 28.6. The largest absolute Gasteiger partial charge is 0.497 e. The van der Waals surface area contributed by atoms with Crippen LogP contribution in [-0.4, -0.2) is 38.0 Å². The number of aromatic nitrogens is 2. The van der Waals surface area contributed by atoms with Gasteiger partial charge in [0.05, 0.1) is 50.7 Å². The van der Waals surface area contributed by atoms with E-state index in [0.29, 0.717) is 5.02 Å². The van der Waals surface area contributed by atoms with Crippen molar-refractivity contribution in [1.29, 1.82) is 0 Å². The maximum absolute atomic E-state index is 6.34. The number of ether oxygens (including phenoxy) is 4. The Morgan fingerprint density at radius 3 is 2.00 bits per heavy atom. The van der Waals surface area contributed by atoms with Crippen molar-refractivity contribution in [2.24, 2.45) is 0 Å². The van der Waals surface area contributed by atoms with E-state index in [1.54, 1.807) is 28.4 Å². The Hall–Kier alpha value is -3.77. The normalized spacial score (nSPS) is 17.8. The van der Waals surface area contributed by atoms with Gasteiger partial charge in [-0.15, -0.1) is 0 Å². The predicted molar refractivity (Wildman–Crippen MR) is 162 cm³/mol. The Morgan fingerprint density at radius 1 is 0.800 bits per heavy atom. The highest BCUT2D eigenvalue weighted by atomic mass is 35.5. The molecule has 6 rings (SSSR count). The highest BCUT2D eigenvalue weighted by molar-refractivity contribution is 6.30. The molecule has 0 saturated carbocycles. The zero-order valence-electron chi connectivity index (χ0n) is 24.3. The number of hydrogen-bond donors (Lipinski definition) is 1. The van der Waals surface area contributed by atoms with E-state index in [0.717, 1.165) is 68.0 Å². The summed E-state index contributed by atoms with van der Waals surface area (Å²) in [5, 5.41) is 2.82. The summed E-state index contributed by atoms with van der Waals surface area (Å²) in [6, 6.07) is 16.1. The summed E-state index contributed by atoms with van der Waals surface area (Å²) in [6.07, 6.45) is 0.887. The van der Waals surface area contributed by atoms with Crippen LogP contribution in [0.15, 0.2) is 48.5 Å². The van der Waals surface area contributed by atoms with Crippen LogP contribution < -0.4 is 18.9 Å². The van der Waals surface area contributed by atoms with Crippen LogP contribution in [0.5, 0.6) is 23.0 Å². The molecule has 0 bridgehead atoms. The number of benzene rings is 3. The van der Waals surface area contributed by atoms with E-state index in [-0.39, 0.29) is 5.41 Å². The van der Waals surface area contributed by atoms with Crippen molar-refractivity contribution in [3.8, 4) is 34.1 Å². The maximum Gasteiger partial charge on any atom is 0.132 e. The monoisotopic (exact) mass is 558 g/mol. The van der Waals surface area contributed by atoms with Crippen molar-refractivity contribution in [2.75, 3.05) is 28.4 Å². The Balaban J connectivity index is 1.77. The minimum absolute atomic E-state index is 0.119. The molecular weight excluding hydrogens is 524 g/mol. The molecule has 0 aliphatic carbocycles. The van der Waals surface area contributed by atoms with E-state index in [4.69, 9.17) is 30.5 Å². The maximum atomic E-state index is 6.34. The third-order valence-corrected chi connectivity index (χ3v) is 8.84. The van der Waals surface area contributed by atoms with Crippen molar-refractivity contribution >= 4 is 33.4 Å². The second kappa shape index (κ2) is 9.13. The summed E-state index contributed by atoms with van der Waals surface area (Å²) in [5.74, 6) is 3.06. The first-order chi connectivity index (χ1) is 19.1. The van der Waals surface area contributed by atoms with Crippen molar-refractivity contribution in [3.63, 3.8) is 0 Å². The average molecular weight is 559 g/mol. The molecule has 0 saturated heterocycles. The Kier molecular flexibility index (Phi) is 6.04. The number of hydrogen-bond acceptors (Lipinski definition) is 4. The summed E-state index contributed by atoms with van der Waals surface area (Å²) >= 11 is 6.34. The summed E-state index contributed by atoms with van der Waals surface area (Å²) in [5.41, 5.74) is 7.24. The van der Waals surface area contributed by atoms with Gasteiger partial charge < -0.3 is 28.5 Å².